The molecule has 5 heteroatoms. The van der Waals surface area contributed by atoms with Crippen molar-refractivity contribution >= 4 is 6.03 Å². The molecule has 3 rings (SSSR count). The van der Waals surface area contributed by atoms with Crippen molar-refractivity contribution < 1.29 is 14.3 Å². The first-order valence-electron chi connectivity index (χ1n) is 8.11. The zero-order chi connectivity index (χ0) is 13.8. The molecule has 3 fully saturated rings. The van der Waals surface area contributed by atoms with Gasteiger partial charge in [-0.05, 0) is 32.1 Å². The van der Waals surface area contributed by atoms with E-state index in [0.29, 0.717) is 19.3 Å². The molecule has 0 spiro atoms. The smallest absolute Gasteiger partial charge is 0.315 e. The highest BCUT2D eigenvalue weighted by molar-refractivity contribution is 5.74. The van der Waals surface area contributed by atoms with E-state index in [1.165, 1.54) is 19.3 Å². The molecule has 3 aliphatic rings. The highest BCUT2D eigenvalue weighted by atomic mass is 16.6. The molecule has 1 heterocycles. The maximum atomic E-state index is 12.0. The third-order valence-electron chi connectivity index (χ3n) is 4.75. The maximum absolute atomic E-state index is 12.0. The van der Waals surface area contributed by atoms with E-state index in [2.05, 4.69) is 10.6 Å². The number of ether oxygens (including phenoxy) is 2. The van der Waals surface area contributed by atoms with Gasteiger partial charge in [-0.3, -0.25) is 0 Å². The van der Waals surface area contributed by atoms with Gasteiger partial charge in [0.05, 0.1) is 25.4 Å². The van der Waals surface area contributed by atoms with Crippen molar-refractivity contribution in [2.24, 2.45) is 0 Å². The van der Waals surface area contributed by atoms with Gasteiger partial charge in [0, 0.05) is 12.1 Å². The summed E-state index contributed by atoms with van der Waals surface area (Å²) in [5.74, 6) is 0. The molecule has 0 bridgehead atoms. The van der Waals surface area contributed by atoms with E-state index in [4.69, 9.17) is 9.47 Å². The predicted octanol–water partition coefficient (Wildman–Crippen LogP) is 1.95. The molecule has 114 valence electrons. The third-order valence-corrected chi connectivity index (χ3v) is 4.75. The van der Waals surface area contributed by atoms with Crippen LogP contribution in [0.5, 0.6) is 0 Å². The number of amides is 2. The van der Waals surface area contributed by atoms with Crippen LogP contribution < -0.4 is 10.6 Å². The number of carbonyl (C=O) groups is 1. The van der Waals surface area contributed by atoms with Crippen LogP contribution in [0.25, 0.3) is 0 Å². The minimum absolute atomic E-state index is 0.00271. The molecule has 1 aliphatic heterocycles. The molecule has 0 radical (unpaired) electrons. The van der Waals surface area contributed by atoms with Gasteiger partial charge < -0.3 is 20.1 Å². The van der Waals surface area contributed by atoms with Gasteiger partial charge in [-0.15, -0.1) is 0 Å². The predicted molar refractivity (Wildman–Crippen MR) is 75.7 cm³/mol. The summed E-state index contributed by atoms with van der Waals surface area (Å²) in [7, 11) is 0. The van der Waals surface area contributed by atoms with Crippen LogP contribution in [-0.4, -0.2) is 43.5 Å². The molecule has 0 aromatic heterocycles. The summed E-state index contributed by atoms with van der Waals surface area (Å²) in [6.45, 7) is 1.39. The minimum Gasteiger partial charge on any atom is -0.373 e. The number of nitrogens with one attached hydrogen (secondary N) is 2. The van der Waals surface area contributed by atoms with Gasteiger partial charge in [-0.2, -0.15) is 0 Å². The first kappa shape index (κ1) is 14.1. The molecule has 3 atom stereocenters. The monoisotopic (exact) mass is 282 g/mol. The van der Waals surface area contributed by atoms with E-state index in [1.807, 2.05) is 0 Å². The van der Waals surface area contributed by atoms with Crippen molar-refractivity contribution in [1.29, 1.82) is 0 Å². The molecule has 2 saturated carbocycles. The molecule has 1 saturated heterocycles. The van der Waals surface area contributed by atoms with Crippen LogP contribution in [0.1, 0.15) is 51.4 Å². The fraction of sp³-hybridized carbons (Fsp3) is 0.933. The van der Waals surface area contributed by atoms with Crippen LogP contribution in [0, 0.1) is 0 Å². The lowest BCUT2D eigenvalue weighted by atomic mass is 9.90. The summed E-state index contributed by atoms with van der Waals surface area (Å²) >= 11 is 0. The largest absolute Gasteiger partial charge is 0.373 e. The highest BCUT2D eigenvalue weighted by Gasteiger charge is 2.34. The van der Waals surface area contributed by atoms with Gasteiger partial charge in [-0.1, -0.05) is 19.3 Å². The zero-order valence-corrected chi connectivity index (χ0v) is 12.1. The van der Waals surface area contributed by atoms with Crippen molar-refractivity contribution in [3.05, 3.63) is 0 Å². The average Bonchev–Trinajstić information content (AvgIpc) is 2.48. The number of rotatable bonds is 2. The second kappa shape index (κ2) is 6.76. The van der Waals surface area contributed by atoms with Gasteiger partial charge in [0.2, 0.25) is 0 Å². The molecular weight excluding hydrogens is 256 g/mol. The van der Waals surface area contributed by atoms with Gasteiger partial charge in [0.25, 0.3) is 0 Å². The van der Waals surface area contributed by atoms with Crippen LogP contribution in [0.15, 0.2) is 0 Å². The summed E-state index contributed by atoms with van der Waals surface area (Å²) in [5.41, 5.74) is 0. The number of hydrogen-bond acceptors (Lipinski definition) is 3. The Morgan fingerprint density at radius 2 is 1.50 bits per heavy atom. The van der Waals surface area contributed by atoms with Gasteiger partial charge >= 0.3 is 6.03 Å². The fourth-order valence-electron chi connectivity index (χ4n) is 3.66. The zero-order valence-electron chi connectivity index (χ0n) is 12.1. The van der Waals surface area contributed by atoms with Gasteiger partial charge in [0.1, 0.15) is 0 Å². The van der Waals surface area contributed by atoms with Gasteiger partial charge in [-0.25, -0.2) is 4.79 Å². The number of urea groups is 1. The molecule has 0 aromatic rings. The van der Waals surface area contributed by atoms with Crippen LogP contribution in [0.4, 0.5) is 4.79 Å². The molecular formula is C15H26N2O3. The van der Waals surface area contributed by atoms with E-state index >= 15 is 0 Å². The van der Waals surface area contributed by atoms with Gasteiger partial charge in [0.15, 0.2) is 0 Å². The Kier molecular flexibility index (Phi) is 4.78. The Hall–Kier alpha value is -0.810. The van der Waals surface area contributed by atoms with E-state index in [9.17, 15) is 4.79 Å². The van der Waals surface area contributed by atoms with E-state index in [-0.39, 0.29) is 24.3 Å². The lowest BCUT2D eigenvalue weighted by Gasteiger charge is -2.39. The second-order valence-electron chi connectivity index (χ2n) is 6.28. The Balaban J connectivity index is 1.42. The van der Waals surface area contributed by atoms with Crippen LogP contribution in [0.2, 0.25) is 0 Å². The van der Waals surface area contributed by atoms with E-state index in [0.717, 1.165) is 32.1 Å². The summed E-state index contributed by atoms with van der Waals surface area (Å²) in [5, 5.41) is 6.23. The Labute approximate surface area is 120 Å². The van der Waals surface area contributed by atoms with Crippen molar-refractivity contribution in [2.75, 3.05) is 13.2 Å². The Morgan fingerprint density at radius 3 is 2.30 bits per heavy atom. The lowest BCUT2D eigenvalue weighted by Crippen LogP contribution is -2.52. The van der Waals surface area contributed by atoms with Crippen LogP contribution in [-0.2, 0) is 9.47 Å². The molecule has 2 aliphatic carbocycles. The molecule has 3 unspecified atom stereocenters. The topological polar surface area (TPSA) is 59.6 Å². The third kappa shape index (κ3) is 3.64. The van der Waals surface area contributed by atoms with Crippen molar-refractivity contribution in [2.45, 2.75) is 75.7 Å². The summed E-state index contributed by atoms with van der Waals surface area (Å²) in [6.07, 6.45) is 9.29. The average molecular weight is 282 g/mol. The normalized spacial score (nSPS) is 35.1. The van der Waals surface area contributed by atoms with Crippen LogP contribution in [0.3, 0.4) is 0 Å². The summed E-state index contributed by atoms with van der Waals surface area (Å²) in [4.78, 5) is 12.0. The minimum atomic E-state index is -0.00271. The molecule has 20 heavy (non-hydrogen) atoms. The van der Waals surface area contributed by atoms with Crippen molar-refractivity contribution in [3.63, 3.8) is 0 Å². The fourth-order valence-corrected chi connectivity index (χ4v) is 3.66. The van der Waals surface area contributed by atoms with Crippen molar-refractivity contribution in [3.8, 4) is 0 Å². The summed E-state index contributed by atoms with van der Waals surface area (Å²) < 4.78 is 11.5. The SMILES string of the molecule is O=C(NC1CCCCC1)NC1CCC2OCCOC2C1. The number of hydrogen-bond donors (Lipinski definition) is 2. The molecule has 2 amide bonds. The van der Waals surface area contributed by atoms with E-state index < -0.39 is 0 Å². The lowest BCUT2D eigenvalue weighted by molar-refractivity contribution is -0.157. The van der Waals surface area contributed by atoms with Crippen LogP contribution >= 0.6 is 0 Å². The maximum Gasteiger partial charge on any atom is 0.315 e. The first-order chi connectivity index (χ1) is 9.81. The quantitative estimate of drug-likeness (QED) is 0.814. The Bertz CT molecular complexity index is 331. The number of fused-ring (bicyclic) bond motifs is 1. The molecule has 2 N–H and O–H groups in total. The van der Waals surface area contributed by atoms with E-state index in [1.54, 1.807) is 0 Å². The summed E-state index contributed by atoms with van der Waals surface area (Å²) in [6, 6.07) is 0.591. The highest BCUT2D eigenvalue weighted by Crippen LogP contribution is 2.26. The van der Waals surface area contributed by atoms with Crippen molar-refractivity contribution in [1.82, 2.24) is 10.6 Å². The first-order valence-corrected chi connectivity index (χ1v) is 8.11. The molecule has 5 nitrogen and oxygen atoms in total. The standard InChI is InChI=1S/C15H26N2O3/c18-15(16-11-4-2-1-3-5-11)17-12-6-7-13-14(10-12)20-9-8-19-13/h11-14H,1-10H2,(H2,16,17,18). The second-order valence-corrected chi connectivity index (χ2v) is 6.28. The molecule has 0 aromatic carbocycles. The Morgan fingerprint density at radius 1 is 0.800 bits per heavy atom. The number of carbonyl (C=O) groups excluding carboxylic acids is 1.